The molecular weight excluding hydrogens is 346 g/mol. The highest BCUT2D eigenvalue weighted by Crippen LogP contribution is 2.33. The number of nitro groups is 1. The van der Waals surface area contributed by atoms with E-state index in [1.54, 1.807) is 12.1 Å². The van der Waals surface area contributed by atoms with Gasteiger partial charge in [-0.1, -0.05) is 11.6 Å². The van der Waals surface area contributed by atoms with Gasteiger partial charge in [-0.25, -0.2) is 0 Å². The number of nitrogen functional groups attached to an aromatic ring is 1. The summed E-state index contributed by atoms with van der Waals surface area (Å²) in [5.41, 5.74) is 8.00. The number of anilines is 3. The fourth-order valence-corrected chi connectivity index (χ4v) is 2.42. The fourth-order valence-electron chi connectivity index (χ4n) is 1.70. The van der Waals surface area contributed by atoms with Gasteiger partial charge in [0, 0.05) is 21.2 Å². The van der Waals surface area contributed by atoms with Gasteiger partial charge in [-0.05, 0) is 52.7 Å². The summed E-state index contributed by atoms with van der Waals surface area (Å²) in [7, 11) is 0. The van der Waals surface area contributed by atoms with E-state index >= 15 is 0 Å². The van der Waals surface area contributed by atoms with E-state index in [2.05, 4.69) is 21.2 Å². The van der Waals surface area contributed by atoms with E-state index in [-0.39, 0.29) is 11.4 Å². The van der Waals surface area contributed by atoms with E-state index < -0.39 is 4.92 Å². The molecule has 0 aromatic heterocycles. The standard InChI is InChI=1S/C13H11BrClN3O2/c1-7-4-9(14)12(6-10(7)15)17-8-2-3-13(18(19)20)11(16)5-8/h2-6,17H,16H2,1H3. The van der Waals surface area contributed by atoms with Gasteiger partial charge >= 0.3 is 0 Å². The Bertz CT molecular complexity index is 692. The summed E-state index contributed by atoms with van der Waals surface area (Å²) < 4.78 is 0.844. The van der Waals surface area contributed by atoms with Crippen LogP contribution in [0.2, 0.25) is 5.02 Å². The molecule has 0 saturated heterocycles. The average molecular weight is 357 g/mol. The Hall–Kier alpha value is -1.79. The summed E-state index contributed by atoms with van der Waals surface area (Å²) in [6.07, 6.45) is 0. The summed E-state index contributed by atoms with van der Waals surface area (Å²) in [6, 6.07) is 8.13. The summed E-state index contributed by atoms with van der Waals surface area (Å²) in [4.78, 5) is 10.2. The van der Waals surface area contributed by atoms with Crippen molar-refractivity contribution >= 4 is 50.3 Å². The van der Waals surface area contributed by atoms with Gasteiger partial charge in [0.25, 0.3) is 5.69 Å². The smallest absolute Gasteiger partial charge is 0.292 e. The van der Waals surface area contributed by atoms with Crippen molar-refractivity contribution < 1.29 is 4.92 Å². The second-order valence-corrected chi connectivity index (χ2v) is 5.50. The molecule has 0 radical (unpaired) electrons. The van der Waals surface area contributed by atoms with Gasteiger partial charge in [-0.2, -0.15) is 0 Å². The maximum atomic E-state index is 10.7. The van der Waals surface area contributed by atoms with Gasteiger partial charge in [0.1, 0.15) is 5.69 Å². The molecule has 0 spiro atoms. The number of hydrogen-bond donors (Lipinski definition) is 2. The number of benzene rings is 2. The fraction of sp³-hybridized carbons (Fsp3) is 0.0769. The molecule has 0 heterocycles. The SMILES string of the molecule is Cc1cc(Br)c(Nc2ccc([N+](=O)[O-])c(N)c2)cc1Cl. The van der Waals surface area contributed by atoms with E-state index in [0.717, 1.165) is 15.7 Å². The third-order valence-electron chi connectivity index (χ3n) is 2.75. The first kappa shape index (κ1) is 14.6. The molecular formula is C13H11BrClN3O2. The lowest BCUT2D eigenvalue weighted by Crippen LogP contribution is -1.98. The van der Waals surface area contributed by atoms with Crippen molar-refractivity contribution in [1.82, 2.24) is 0 Å². The van der Waals surface area contributed by atoms with Gasteiger partial charge in [0.2, 0.25) is 0 Å². The molecule has 2 rings (SSSR count). The monoisotopic (exact) mass is 355 g/mol. The normalized spacial score (nSPS) is 10.3. The van der Waals surface area contributed by atoms with Crippen molar-refractivity contribution in [1.29, 1.82) is 0 Å². The Kier molecular flexibility index (Phi) is 4.15. The van der Waals surface area contributed by atoms with Crippen molar-refractivity contribution in [2.24, 2.45) is 0 Å². The Morgan fingerprint density at radius 2 is 2.05 bits per heavy atom. The third kappa shape index (κ3) is 3.02. The molecule has 0 unspecified atom stereocenters. The topological polar surface area (TPSA) is 81.2 Å². The molecule has 0 amide bonds. The van der Waals surface area contributed by atoms with Crippen LogP contribution in [0.1, 0.15) is 5.56 Å². The van der Waals surface area contributed by atoms with Gasteiger partial charge in [-0.15, -0.1) is 0 Å². The van der Waals surface area contributed by atoms with Crippen molar-refractivity contribution in [2.45, 2.75) is 6.92 Å². The molecule has 5 nitrogen and oxygen atoms in total. The zero-order chi connectivity index (χ0) is 14.9. The Labute approximate surface area is 129 Å². The molecule has 0 atom stereocenters. The van der Waals surface area contributed by atoms with Crippen LogP contribution in [0, 0.1) is 17.0 Å². The zero-order valence-electron chi connectivity index (χ0n) is 10.5. The molecule has 3 N–H and O–H groups in total. The Morgan fingerprint density at radius 1 is 1.35 bits per heavy atom. The van der Waals surface area contributed by atoms with Crippen LogP contribution < -0.4 is 11.1 Å². The number of aryl methyl sites for hydroxylation is 1. The van der Waals surface area contributed by atoms with Crippen LogP contribution in [0.5, 0.6) is 0 Å². The summed E-state index contributed by atoms with van der Waals surface area (Å²) in [5.74, 6) is 0. The summed E-state index contributed by atoms with van der Waals surface area (Å²) in [6.45, 7) is 1.90. The molecule has 0 saturated carbocycles. The zero-order valence-corrected chi connectivity index (χ0v) is 12.8. The van der Waals surface area contributed by atoms with E-state index in [1.165, 1.54) is 12.1 Å². The van der Waals surface area contributed by atoms with Crippen LogP contribution in [0.15, 0.2) is 34.8 Å². The lowest BCUT2D eigenvalue weighted by Gasteiger charge is -2.11. The van der Waals surface area contributed by atoms with Crippen LogP contribution in [0.4, 0.5) is 22.7 Å². The first-order valence-corrected chi connectivity index (χ1v) is 6.82. The van der Waals surface area contributed by atoms with E-state index in [0.29, 0.717) is 10.7 Å². The molecule has 20 heavy (non-hydrogen) atoms. The average Bonchev–Trinajstić information content (AvgIpc) is 2.35. The minimum absolute atomic E-state index is 0.106. The number of rotatable bonds is 3. The molecule has 7 heteroatoms. The minimum Gasteiger partial charge on any atom is -0.393 e. The molecule has 0 aliphatic carbocycles. The van der Waals surface area contributed by atoms with Gasteiger partial charge in [-0.3, -0.25) is 10.1 Å². The number of nitrogens with one attached hydrogen (secondary N) is 1. The predicted octanol–water partition coefficient (Wildman–Crippen LogP) is 4.64. The number of hydrogen-bond acceptors (Lipinski definition) is 4. The molecule has 0 aliphatic rings. The summed E-state index contributed by atoms with van der Waals surface area (Å²) in [5, 5.41) is 14.5. The molecule has 104 valence electrons. The van der Waals surface area contributed by atoms with Crippen molar-refractivity contribution in [3.05, 3.63) is 55.5 Å². The Balaban J connectivity index is 2.33. The molecule has 0 bridgehead atoms. The largest absolute Gasteiger partial charge is 0.393 e. The second kappa shape index (κ2) is 5.68. The number of nitro benzene ring substituents is 1. The molecule has 2 aromatic rings. The highest BCUT2D eigenvalue weighted by molar-refractivity contribution is 9.10. The quantitative estimate of drug-likeness (QED) is 0.476. The molecule has 0 fully saturated rings. The van der Waals surface area contributed by atoms with Crippen LogP contribution in [0.25, 0.3) is 0 Å². The van der Waals surface area contributed by atoms with E-state index in [1.807, 2.05) is 13.0 Å². The molecule has 2 aromatic carbocycles. The first-order chi connectivity index (χ1) is 9.38. The second-order valence-electron chi connectivity index (χ2n) is 4.24. The van der Waals surface area contributed by atoms with Crippen molar-refractivity contribution in [2.75, 3.05) is 11.1 Å². The highest BCUT2D eigenvalue weighted by atomic mass is 79.9. The number of nitrogens with zero attached hydrogens (tertiary/aromatic N) is 1. The van der Waals surface area contributed by atoms with Crippen LogP contribution >= 0.6 is 27.5 Å². The van der Waals surface area contributed by atoms with E-state index in [9.17, 15) is 10.1 Å². The lowest BCUT2D eigenvalue weighted by molar-refractivity contribution is -0.383. The van der Waals surface area contributed by atoms with Crippen LogP contribution in [-0.2, 0) is 0 Å². The Morgan fingerprint density at radius 3 is 2.65 bits per heavy atom. The highest BCUT2D eigenvalue weighted by Gasteiger charge is 2.12. The summed E-state index contributed by atoms with van der Waals surface area (Å²) >= 11 is 9.51. The van der Waals surface area contributed by atoms with Crippen LogP contribution in [-0.4, -0.2) is 4.92 Å². The van der Waals surface area contributed by atoms with Gasteiger partial charge < -0.3 is 11.1 Å². The first-order valence-electron chi connectivity index (χ1n) is 5.65. The maximum Gasteiger partial charge on any atom is 0.292 e. The van der Waals surface area contributed by atoms with E-state index in [4.69, 9.17) is 17.3 Å². The van der Waals surface area contributed by atoms with Crippen molar-refractivity contribution in [3.63, 3.8) is 0 Å². The third-order valence-corrected chi connectivity index (χ3v) is 3.81. The minimum atomic E-state index is -0.516. The molecule has 0 aliphatic heterocycles. The number of nitrogens with two attached hydrogens (primary N) is 1. The van der Waals surface area contributed by atoms with Crippen LogP contribution in [0.3, 0.4) is 0 Å². The number of halogens is 2. The van der Waals surface area contributed by atoms with Crippen molar-refractivity contribution in [3.8, 4) is 0 Å². The van der Waals surface area contributed by atoms with Gasteiger partial charge in [0.05, 0.1) is 10.6 Å². The lowest BCUT2D eigenvalue weighted by atomic mass is 10.2. The van der Waals surface area contributed by atoms with Gasteiger partial charge in [0.15, 0.2) is 0 Å². The maximum absolute atomic E-state index is 10.7. The predicted molar refractivity (Wildman–Crippen MR) is 84.7 cm³/mol.